The molecule has 0 spiro atoms. The molecule has 0 aromatic heterocycles. The highest BCUT2D eigenvalue weighted by molar-refractivity contribution is 5.97. The summed E-state index contributed by atoms with van der Waals surface area (Å²) in [5.74, 6) is 0.382. The van der Waals surface area contributed by atoms with Gasteiger partial charge < -0.3 is 15.4 Å². The maximum absolute atomic E-state index is 12.3. The van der Waals surface area contributed by atoms with Crippen LogP contribution in [0, 0.1) is 0 Å². The van der Waals surface area contributed by atoms with E-state index in [2.05, 4.69) is 10.6 Å². The number of para-hydroxylation sites is 1. The second kappa shape index (κ2) is 8.22. The quantitative estimate of drug-likeness (QED) is 0.721. The van der Waals surface area contributed by atoms with Gasteiger partial charge in [-0.3, -0.25) is 9.59 Å². The summed E-state index contributed by atoms with van der Waals surface area (Å²) in [6.45, 7) is 2.69. The van der Waals surface area contributed by atoms with Gasteiger partial charge in [-0.25, -0.2) is 0 Å². The largest absolute Gasteiger partial charge is 0.489 e. The van der Waals surface area contributed by atoms with Gasteiger partial charge in [-0.2, -0.15) is 0 Å². The van der Waals surface area contributed by atoms with Gasteiger partial charge in [-0.1, -0.05) is 24.3 Å². The number of hydrogen-bond acceptors (Lipinski definition) is 3. The lowest BCUT2D eigenvalue weighted by atomic mass is 10.1. The summed E-state index contributed by atoms with van der Waals surface area (Å²) in [5, 5.41) is 5.71. The number of benzene rings is 1. The minimum atomic E-state index is -0.198. The third-order valence-corrected chi connectivity index (χ3v) is 3.39. The molecule has 5 nitrogen and oxygen atoms in total. The Morgan fingerprint density at radius 1 is 1.18 bits per heavy atom. The highest BCUT2D eigenvalue weighted by atomic mass is 16.5. The molecule has 22 heavy (non-hydrogen) atoms. The Kier molecular flexibility index (Phi) is 6.01. The van der Waals surface area contributed by atoms with Crippen LogP contribution in [0.3, 0.4) is 0 Å². The fourth-order valence-electron chi connectivity index (χ4n) is 2.19. The van der Waals surface area contributed by atoms with Crippen LogP contribution in [0.15, 0.2) is 36.4 Å². The first-order valence-corrected chi connectivity index (χ1v) is 7.61. The van der Waals surface area contributed by atoms with Gasteiger partial charge in [0.1, 0.15) is 12.4 Å². The molecule has 1 aromatic rings. The van der Waals surface area contributed by atoms with Crippen molar-refractivity contribution in [2.24, 2.45) is 0 Å². The highest BCUT2D eigenvalue weighted by Crippen LogP contribution is 2.18. The average Bonchev–Trinajstić information content (AvgIpc) is 2.52. The maximum Gasteiger partial charge on any atom is 0.255 e. The third-order valence-electron chi connectivity index (χ3n) is 3.39. The SMILES string of the molecule is C[C@H]1CNC(=O)CCC/C=C/COc2ccccc2C(=O)N1. The molecule has 0 saturated heterocycles. The summed E-state index contributed by atoms with van der Waals surface area (Å²) in [6.07, 6.45) is 6.05. The van der Waals surface area contributed by atoms with Crippen molar-refractivity contribution < 1.29 is 14.3 Å². The average molecular weight is 302 g/mol. The van der Waals surface area contributed by atoms with E-state index in [4.69, 9.17) is 4.74 Å². The van der Waals surface area contributed by atoms with Gasteiger partial charge in [-0.15, -0.1) is 0 Å². The molecule has 0 aliphatic carbocycles. The van der Waals surface area contributed by atoms with Gasteiger partial charge in [0.05, 0.1) is 5.56 Å². The number of hydrogen-bond donors (Lipinski definition) is 2. The zero-order chi connectivity index (χ0) is 15.8. The van der Waals surface area contributed by atoms with E-state index in [9.17, 15) is 9.59 Å². The van der Waals surface area contributed by atoms with Crippen molar-refractivity contribution in [1.82, 2.24) is 10.6 Å². The van der Waals surface area contributed by atoms with E-state index in [-0.39, 0.29) is 17.9 Å². The fraction of sp³-hybridized carbons (Fsp3) is 0.412. The van der Waals surface area contributed by atoms with Crippen LogP contribution >= 0.6 is 0 Å². The standard InChI is InChI=1S/C17H22N2O3/c1-13-12-18-16(20)10-4-2-3-7-11-22-15-9-6-5-8-14(15)17(21)19-13/h3,5-9,13H,2,4,10-12H2,1H3,(H,18,20)(H,19,21)/b7-3+/t13-/m0/s1. The Morgan fingerprint density at radius 3 is 2.86 bits per heavy atom. The number of ether oxygens (including phenoxy) is 1. The van der Waals surface area contributed by atoms with Crippen molar-refractivity contribution in [2.45, 2.75) is 32.2 Å². The summed E-state index contributed by atoms with van der Waals surface area (Å²) in [6, 6.07) is 7.02. The van der Waals surface area contributed by atoms with Crippen molar-refractivity contribution in [3.05, 3.63) is 42.0 Å². The number of amides is 2. The van der Waals surface area contributed by atoms with Crippen LogP contribution in [0.4, 0.5) is 0 Å². The number of rotatable bonds is 0. The predicted molar refractivity (Wildman–Crippen MR) is 84.9 cm³/mol. The monoisotopic (exact) mass is 302 g/mol. The van der Waals surface area contributed by atoms with E-state index in [0.717, 1.165) is 12.8 Å². The molecule has 2 N–H and O–H groups in total. The third kappa shape index (κ3) is 4.91. The summed E-state index contributed by atoms with van der Waals surface area (Å²) in [4.78, 5) is 24.0. The first-order valence-electron chi connectivity index (χ1n) is 7.61. The van der Waals surface area contributed by atoms with E-state index < -0.39 is 0 Å². The molecular formula is C17H22N2O3. The van der Waals surface area contributed by atoms with Gasteiger partial charge >= 0.3 is 0 Å². The van der Waals surface area contributed by atoms with Gasteiger partial charge in [0, 0.05) is 19.0 Å². The molecule has 5 heteroatoms. The van der Waals surface area contributed by atoms with Gasteiger partial charge in [0.2, 0.25) is 5.91 Å². The van der Waals surface area contributed by atoms with Crippen molar-refractivity contribution >= 4 is 11.8 Å². The fourth-order valence-corrected chi connectivity index (χ4v) is 2.19. The molecule has 0 bridgehead atoms. The van der Waals surface area contributed by atoms with Crippen LogP contribution in [0.5, 0.6) is 5.75 Å². The predicted octanol–water partition coefficient (Wildman–Crippen LogP) is 2.04. The Balaban J connectivity index is 2.12. The molecule has 1 aliphatic rings. The smallest absolute Gasteiger partial charge is 0.255 e. The Hall–Kier alpha value is -2.30. The van der Waals surface area contributed by atoms with Gasteiger partial charge in [0.15, 0.2) is 0 Å². The molecule has 1 heterocycles. The van der Waals surface area contributed by atoms with E-state index >= 15 is 0 Å². The van der Waals surface area contributed by atoms with Crippen LogP contribution in [0.1, 0.15) is 36.5 Å². The lowest BCUT2D eigenvalue weighted by Crippen LogP contribution is -2.41. The minimum Gasteiger partial charge on any atom is -0.489 e. The van der Waals surface area contributed by atoms with E-state index in [0.29, 0.717) is 30.9 Å². The van der Waals surface area contributed by atoms with E-state index in [1.807, 2.05) is 25.1 Å². The van der Waals surface area contributed by atoms with Crippen LogP contribution < -0.4 is 15.4 Å². The second-order valence-corrected chi connectivity index (χ2v) is 5.35. The normalized spacial score (nSPS) is 22.1. The van der Waals surface area contributed by atoms with Gasteiger partial charge in [0.25, 0.3) is 5.91 Å². The highest BCUT2D eigenvalue weighted by Gasteiger charge is 2.15. The summed E-state index contributed by atoms with van der Waals surface area (Å²) in [7, 11) is 0. The first kappa shape index (κ1) is 16.1. The van der Waals surface area contributed by atoms with Crippen molar-refractivity contribution in [3.63, 3.8) is 0 Å². The molecule has 1 aliphatic heterocycles. The maximum atomic E-state index is 12.3. The molecule has 0 fully saturated rings. The minimum absolute atomic E-state index is 0.0148. The number of carbonyl (C=O) groups is 2. The van der Waals surface area contributed by atoms with Crippen LogP contribution in [-0.4, -0.2) is 31.0 Å². The topological polar surface area (TPSA) is 67.4 Å². The number of allylic oxidation sites excluding steroid dienone is 1. The molecule has 2 amide bonds. The molecule has 1 atom stereocenters. The molecular weight excluding hydrogens is 280 g/mol. The summed E-state index contributed by atoms with van der Waals surface area (Å²) < 4.78 is 5.66. The Morgan fingerprint density at radius 2 is 2.00 bits per heavy atom. The van der Waals surface area contributed by atoms with Crippen LogP contribution in [-0.2, 0) is 4.79 Å². The second-order valence-electron chi connectivity index (χ2n) is 5.35. The summed E-state index contributed by atoms with van der Waals surface area (Å²) in [5.41, 5.74) is 0.504. The lowest BCUT2D eigenvalue weighted by molar-refractivity contribution is -0.121. The zero-order valence-corrected chi connectivity index (χ0v) is 12.8. The first-order chi connectivity index (χ1) is 10.7. The van der Waals surface area contributed by atoms with Crippen LogP contribution in [0.2, 0.25) is 0 Å². The number of fused-ring (bicyclic) bond motifs is 1. The molecule has 0 saturated carbocycles. The Labute approximate surface area is 130 Å². The van der Waals surface area contributed by atoms with Gasteiger partial charge in [-0.05, 0) is 31.9 Å². The zero-order valence-electron chi connectivity index (χ0n) is 12.8. The molecule has 0 unspecified atom stereocenters. The van der Waals surface area contributed by atoms with Crippen molar-refractivity contribution in [3.8, 4) is 5.75 Å². The van der Waals surface area contributed by atoms with E-state index in [1.165, 1.54) is 0 Å². The van der Waals surface area contributed by atoms with Crippen molar-refractivity contribution in [1.29, 1.82) is 0 Å². The molecule has 0 radical (unpaired) electrons. The molecule has 118 valence electrons. The van der Waals surface area contributed by atoms with Crippen molar-refractivity contribution in [2.75, 3.05) is 13.2 Å². The summed E-state index contributed by atoms with van der Waals surface area (Å²) >= 11 is 0. The van der Waals surface area contributed by atoms with Crippen LogP contribution in [0.25, 0.3) is 0 Å². The molecule has 2 rings (SSSR count). The lowest BCUT2D eigenvalue weighted by Gasteiger charge is -2.16. The number of carbonyl (C=O) groups excluding carboxylic acids is 2. The molecule has 1 aromatic carbocycles. The number of nitrogens with one attached hydrogen (secondary N) is 2. The Bertz CT molecular complexity index is 555. The van der Waals surface area contributed by atoms with E-state index in [1.54, 1.807) is 18.2 Å².